The highest BCUT2D eigenvalue weighted by molar-refractivity contribution is 9.10. The molecule has 3 aromatic rings. The molecule has 1 amide bonds. The number of benzene rings is 2. The number of halogens is 1. The van der Waals surface area contributed by atoms with Gasteiger partial charge in [0.15, 0.2) is 0 Å². The van der Waals surface area contributed by atoms with Crippen LogP contribution in [0.5, 0.6) is 0 Å². The fourth-order valence-corrected chi connectivity index (χ4v) is 3.47. The van der Waals surface area contributed by atoms with Gasteiger partial charge in [0.25, 0.3) is 0 Å². The molecule has 0 unspecified atom stereocenters. The van der Waals surface area contributed by atoms with E-state index in [2.05, 4.69) is 74.9 Å². The lowest BCUT2D eigenvalue weighted by molar-refractivity contribution is -0.117. The van der Waals surface area contributed by atoms with Crippen molar-refractivity contribution in [3.63, 3.8) is 0 Å². The molecule has 0 saturated carbocycles. The minimum atomic E-state index is -0.0590. The van der Waals surface area contributed by atoms with Gasteiger partial charge in [-0.2, -0.15) is 0 Å². The number of aryl methyl sites for hydroxylation is 1. The van der Waals surface area contributed by atoms with Gasteiger partial charge in [0.1, 0.15) is 5.82 Å². The summed E-state index contributed by atoms with van der Waals surface area (Å²) in [7, 11) is 0. The van der Waals surface area contributed by atoms with E-state index in [4.69, 9.17) is 4.98 Å². The minimum Gasteiger partial charge on any atom is -0.352 e. The third-order valence-corrected chi connectivity index (χ3v) is 5.27. The summed E-state index contributed by atoms with van der Waals surface area (Å²) in [5.74, 6) is 1.06. The summed E-state index contributed by atoms with van der Waals surface area (Å²) in [6.45, 7) is 6.89. The Labute approximate surface area is 174 Å². The summed E-state index contributed by atoms with van der Waals surface area (Å²) in [5, 5.41) is 2.89. The highest BCUT2D eigenvalue weighted by Gasteiger charge is 2.11. The Hall–Kier alpha value is -2.40. The van der Waals surface area contributed by atoms with Crippen LogP contribution in [0, 0.1) is 0 Å². The number of carbonyl (C=O) groups is 1. The standard InChI is InChI=1S/C23H26BrN3O/c1-17(2)23(28)25-15-7-3-4-10-22-26-20-8-5-6-9-21(20)27(22)16-18-11-13-19(24)14-12-18/h5-6,8-9,11-14H,1,3-4,7,10,15-16H2,2H3,(H,25,28). The van der Waals surface area contributed by atoms with Crippen LogP contribution in [0.25, 0.3) is 11.0 Å². The van der Waals surface area contributed by atoms with E-state index in [0.29, 0.717) is 12.1 Å². The van der Waals surface area contributed by atoms with Crippen LogP contribution in [0.1, 0.15) is 37.6 Å². The first-order valence-electron chi connectivity index (χ1n) is 9.67. The van der Waals surface area contributed by atoms with Crippen LogP contribution in [0.2, 0.25) is 0 Å². The maximum absolute atomic E-state index is 11.5. The van der Waals surface area contributed by atoms with E-state index in [0.717, 1.165) is 48.0 Å². The second-order valence-corrected chi connectivity index (χ2v) is 7.99. The van der Waals surface area contributed by atoms with Gasteiger partial charge in [0.2, 0.25) is 5.91 Å². The molecule has 28 heavy (non-hydrogen) atoms. The lowest BCUT2D eigenvalue weighted by atomic mass is 10.1. The Balaban J connectivity index is 1.63. The average Bonchev–Trinajstić information content (AvgIpc) is 3.03. The molecular weight excluding hydrogens is 414 g/mol. The van der Waals surface area contributed by atoms with Crippen molar-refractivity contribution < 1.29 is 4.79 Å². The predicted octanol–water partition coefficient (Wildman–Crippen LogP) is 5.25. The third kappa shape index (κ3) is 5.32. The van der Waals surface area contributed by atoms with E-state index in [1.165, 1.54) is 11.1 Å². The van der Waals surface area contributed by atoms with Crippen molar-refractivity contribution in [2.75, 3.05) is 6.54 Å². The van der Waals surface area contributed by atoms with Gasteiger partial charge in [-0.1, -0.05) is 53.2 Å². The van der Waals surface area contributed by atoms with Crippen molar-refractivity contribution in [3.05, 3.63) is 76.5 Å². The summed E-state index contributed by atoms with van der Waals surface area (Å²) in [4.78, 5) is 16.4. The number of para-hydroxylation sites is 2. The van der Waals surface area contributed by atoms with E-state index in [-0.39, 0.29) is 5.91 Å². The summed E-state index contributed by atoms with van der Waals surface area (Å²) in [6, 6.07) is 16.8. The smallest absolute Gasteiger partial charge is 0.246 e. The topological polar surface area (TPSA) is 46.9 Å². The second kappa shape index (κ2) is 9.69. The molecule has 5 heteroatoms. The van der Waals surface area contributed by atoms with Crippen molar-refractivity contribution in [2.45, 2.75) is 39.2 Å². The SMILES string of the molecule is C=C(C)C(=O)NCCCCCc1nc2ccccc2n1Cc1ccc(Br)cc1. The Kier molecular flexibility index (Phi) is 7.04. The number of nitrogens with zero attached hydrogens (tertiary/aromatic N) is 2. The zero-order valence-corrected chi connectivity index (χ0v) is 17.8. The van der Waals surface area contributed by atoms with Gasteiger partial charge in [-0.3, -0.25) is 4.79 Å². The van der Waals surface area contributed by atoms with Crippen LogP contribution in [0.15, 0.2) is 65.2 Å². The van der Waals surface area contributed by atoms with E-state index in [1.54, 1.807) is 6.92 Å². The largest absolute Gasteiger partial charge is 0.352 e. The third-order valence-electron chi connectivity index (χ3n) is 4.74. The van der Waals surface area contributed by atoms with Gasteiger partial charge in [-0.15, -0.1) is 0 Å². The first kappa shape index (κ1) is 20.3. The monoisotopic (exact) mass is 439 g/mol. The molecule has 1 N–H and O–H groups in total. The Morgan fingerprint density at radius 1 is 1.11 bits per heavy atom. The van der Waals surface area contributed by atoms with Gasteiger partial charge >= 0.3 is 0 Å². The molecule has 0 radical (unpaired) electrons. The molecule has 1 aromatic heterocycles. The molecule has 4 nitrogen and oxygen atoms in total. The number of nitrogens with one attached hydrogen (secondary N) is 1. The quantitative estimate of drug-likeness (QED) is 0.365. The molecule has 146 valence electrons. The Bertz CT molecular complexity index is 960. The number of hydrogen-bond donors (Lipinski definition) is 1. The fourth-order valence-electron chi connectivity index (χ4n) is 3.20. The fraction of sp³-hybridized carbons (Fsp3) is 0.304. The number of rotatable bonds is 9. The Morgan fingerprint density at radius 3 is 2.61 bits per heavy atom. The summed E-state index contributed by atoms with van der Waals surface area (Å²) < 4.78 is 3.41. The molecular formula is C23H26BrN3O. The van der Waals surface area contributed by atoms with Gasteiger partial charge < -0.3 is 9.88 Å². The second-order valence-electron chi connectivity index (χ2n) is 7.08. The molecule has 0 aliphatic carbocycles. The number of hydrogen-bond acceptors (Lipinski definition) is 2. The maximum atomic E-state index is 11.5. The maximum Gasteiger partial charge on any atom is 0.246 e. The summed E-state index contributed by atoms with van der Waals surface area (Å²) in [5.41, 5.74) is 4.04. The van der Waals surface area contributed by atoms with E-state index < -0.39 is 0 Å². The molecule has 0 aliphatic heterocycles. The van der Waals surface area contributed by atoms with Crippen LogP contribution in [-0.4, -0.2) is 22.0 Å². The Morgan fingerprint density at radius 2 is 1.86 bits per heavy atom. The zero-order valence-electron chi connectivity index (χ0n) is 16.2. The van der Waals surface area contributed by atoms with Crippen molar-refractivity contribution in [3.8, 4) is 0 Å². The minimum absolute atomic E-state index is 0.0590. The lowest BCUT2D eigenvalue weighted by Gasteiger charge is -2.10. The first-order valence-corrected chi connectivity index (χ1v) is 10.5. The molecule has 0 fully saturated rings. The van der Waals surface area contributed by atoms with Crippen LogP contribution in [-0.2, 0) is 17.8 Å². The van der Waals surface area contributed by atoms with Gasteiger partial charge in [0, 0.05) is 29.6 Å². The van der Waals surface area contributed by atoms with Crippen molar-refractivity contribution in [1.82, 2.24) is 14.9 Å². The van der Waals surface area contributed by atoms with Crippen LogP contribution >= 0.6 is 15.9 Å². The van der Waals surface area contributed by atoms with Crippen molar-refractivity contribution >= 4 is 32.9 Å². The number of aromatic nitrogens is 2. The average molecular weight is 440 g/mol. The molecule has 0 saturated heterocycles. The van der Waals surface area contributed by atoms with Crippen LogP contribution < -0.4 is 5.32 Å². The first-order chi connectivity index (χ1) is 13.5. The number of imidazole rings is 1. The number of fused-ring (bicyclic) bond motifs is 1. The van der Waals surface area contributed by atoms with Crippen molar-refractivity contribution in [1.29, 1.82) is 0 Å². The predicted molar refractivity (Wildman–Crippen MR) is 118 cm³/mol. The summed E-state index contributed by atoms with van der Waals surface area (Å²) in [6.07, 6.45) is 4.00. The zero-order chi connectivity index (χ0) is 19.9. The molecule has 2 aromatic carbocycles. The van der Waals surface area contributed by atoms with E-state index in [1.807, 2.05) is 6.07 Å². The normalized spacial score (nSPS) is 10.9. The number of unbranched alkanes of at least 4 members (excludes halogenated alkanes) is 2. The van der Waals surface area contributed by atoms with Gasteiger partial charge in [-0.25, -0.2) is 4.98 Å². The molecule has 1 heterocycles. The molecule has 3 rings (SSSR count). The highest BCUT2D eigenvalue weighted by Crippen LogP contribution is 2.20. The molecule has 0 spiro atoms. The highest BCUT2D eigenvalue weighted by atomic mass is 79.9. The van der Waals surface area contributed by atoms with Gasteiger partial charge in [-0.05, 0) is 49.6 Å². The van der Waals surface area contributed by atoms with Crippen LogP contribution in [0.4, 0.5) is 0 Å². The molecule has 0 atom stereocenters. The van der Waals surface area contributed by atoms with Crippen LogP contribution in [0.3, 0.4) is 0 Å². The number of carbonyl (C=O) groups excluding carboxylic acids is 1. The van der Waals surface area contributed by atoms with E-state index >= 15 is 0 Å². The number of amides is 1. The molecule has 0 bridgehead atoms. The summed E-state index contributed by atoms with van der Waals surface area (Å²) >= 11 is 3.50. The van der Waals surface area contributed by atoms with E-state index in [9.17, 15) is 4.79 Å². The lowest BCUT2D eigenvalue weighted by Crippen LogP contribution is -2.24. The molecule has 0 aliphatic rings. The van der Waals surface area contributed by atoms with Crippen molar-refractivity contribution in [2.24, 2.45) is 0 Å². The van der Waals surface area contributed by atoms with Gasteiger partial charge in [0.05, 0.1) is 11.0 Å².